The van der Waals surface area contributed by atoms with Crippen LogP contribution in [0.2, 0.25) is 20.1 Å². The van der Waals surface area contributed by atoms with Gasteiger partial charge in [0, 0.05) is 55.9 Å². The van der Waals surface area contributed by atoms with Crippen molar-refractivity contribution in [3.8, 4) is 11.5 Å². The van der Waals surface area contributed by atoms with Gasteiger partial charge in [0.2, 0.25) is 11.9 Å². The molecule has 6 heterocycles. The molecule has 0 unspecified atom stereocenters. The van der Waals surface area contributed by atoms with Crippen molar-refractivity contribution >= 4 is 104 Å². The maximum absolute atomic E-state index is 12.3. The molecule has 22 heteroatoms. The van der Waals surface area contributed by atoms with E-state index in [1.807, 2.05) is 13.8 Å². The lowest BCUT2D eigenvalue weighted by Gasteiger charge is -2.27. The molecule has 8 rings (SSSR count). The molecule has 2 saturated heterocycles. The predicted octanol–water partition coefficient (Wildman–Crippen LogP) is 5.66. The molecule has 0 atom stereocenters. The van der Waals surface area contributed by atoms with Crippen LogP contribution in [-0.4, -0.2) is 129 Å². The minimum atomic E-state index is -0.398. The van der Waals surface area contributed by atoms with E-state index in [0.717, 1.165) is 58.8 Å². The quantitative estimate of drug-likeness (QED) is 0.152. The molecule has 18 nitrogen and oxygen atoms in total. The Morgan fingerprint density at radius 2 is 1.13 bits per heavy atom. The Hall–Kier alpha value is -5.50. The third-order valence-electron chi connectivity index (χ3n) is 9.58. The van der Waals surface area contributed by atoms with Crippen molar-refractivity contribution in [2.45, 2.75) is 20.3 Å². The number of hydrogen-bond acceptors (Lipinski definition) is 16. The second-order valence-electron chi connectivity index (χ2n) is 14.3. The number of nitrogens with one attached hydrogen (secondary N) is 3. The lowest BCUT2D eigenvalue weighted by atomic mass is 10.3. The number of ether oxygens (including phenoxy) is 2. The van der Waals surface area contributed by atoms with Crippen LogP contribution >= 0.6 is 46.4 Å². The van der Waals surface area contributed by atoms with Gasteiger partial charge in [0.05, 0.1) is 33.8 Å². The number of aromatic nitrogens is 8. The van der Waals surface area contributed by atoms with Gasteiger partial charge in [-0.15, -0.1) is 0 Å². The normalized spacial score (nSPS) is 14.5. The number of carbonyl (C=O) groups excluding carboxylic acids is 2. The van der Waals surface area contributed by atoms with E-state index >= 15 is 0 Å². The molecule has 62 heavy (non-hydrogen) atoms. The summed E-state index contributed by atoms with van der Waals surface area (Å²) in [5, 5.41) is 10.3. The molecule has 0 bridgehead atoms. The fourth-order valence-corrected chi connectivity index (χ4v) is 7.33. The molecule has 2 fully saturated rings. The Balaban J connectivity index is 0.000000187. The van der Waals surface area contributed by atoms with Crippen LogP contribution in [0.15, 0.2) is 48.8 Å². The number of fused-ring (bicyclic) bond motifs is 2. The molecule has 2 aromatic carbocycles. The largest absolute Gasteiger partial charge is 0.482 e. The van der Waals surface area contributed by atoms with Crippen molar-refractivity contribution in [2.75, 3.05) is 93.1 Å². The lowest BCUT2D eigenvalue weighted by Crippen LogP contribution is -2.44. The maximum atomic E-state index is 12.3. The Morgan fingerprint density at radius 1 is 0.645 bits per heavy atom. The Kier molecular flexibility index (Phi) is 14.8. The highest BCUT2D eigenvalue weighted by molar-refractivity contribution is 6.36. The molecule has 2 amide bonds. The van der Waals surface area contributed by atoms with Crippen molar-refractivity contribution in [1.82, 2.24) is 50.1 Å². The summed E-state index contributed by atoms with van der Waals surface area (Å²) in [5.74, 6) is 1.83. The minimum absolute atomic E-state index is 0.237. The number of amides is 2. The van der Waals surface area contributed by atoms with Gasteiger partial charge >= 0.3 is 0 Å². The fraction of sp³-hybridized carbons (Fsp3) is 0.350. The van der Waals surface area contributed by atoms with Crippen molar-refractivity contribution in [3.63, 3.8) is 0 Å². The first kappa shape index (κ1) is 44.6. The lowest BCUT2D eigenvalue weighted by molar-refractivity contribution is -0.118. The molecule has 0 saturated carbocycles. The first-order valence-corrected chi connectivity index (χ1v) is 21.1. The number of benzene rings is 2. The van der Waals surface area contributed by atoms with Crippen molar-refractivity contribution in [3.05, 3.63) is 80.3 Å². The maximum Gasteiger partial charge on any atom is 0.263 e. The van der Waals surface area contributed by atoms with E-state index in [1.54, 1.807) is 36.4 Å². The molecule has 3 N–H and O–H groups in total. The number of likely N-dealkylation sites (N-methyl/N-ethyl adjacent to an activating group) is 1. The summed E-state index contributed by atoms with van der Waals surface area (Å²) in [6.07, 6.45) is 3.99. The number of halogens is 4. The van der Waals surface area contributed by atoms with E-state index in [2.05, 4.69) is 77.6 Å². The smallest absolute Gasteiger partial charge is 0.263 e. The Bertz CT molecular complexity index is 2590. The summed E-state index contributed by atoms with van der Waals surface area (Å²) in [4.78, 5) is 67.1. The fourth-order valence-electron chi connectivity index (χ4n) is 6.40. The van der Waals surface area contributed by atoms with Gasteiger partial charge in [-0.05, 0) is 70.3 Å². The average Bonchev–Trinajstić information content (AvgIpc) is 3.48. The van der Waals surface area contributed by atoms with Gasteiger partial charge < -0.3 is 40.1 Å². The first-order valence-electron chi connectivity index (χ1n) is 19.6. The standard InChI is InChI=1S/C21H23Cl2N7O2.C19H19Cl2N7O2/c1-13-19-20(28-21(25-13)30-7-3-6-29(2)8-9-30)24-11-17(27-19)26-18(31)12-32-16-5-4-14(22)10-15(16)23;1-11-17-18(27-19(24-11)28-6-4-22-5-7-28)23-9-15(26-17)25-16(29)10-30-14-3-2-12(20)8-13(14)21/h4-5,10-11H,3,6-9,12H2,1-2H3,(H,26,27,31);2-3,8-9,22H,4-7,10H2,1H3,(H,25,26,29). The van der Waals surface area contributed by atoms with Crippen LogP contribution in [0.25, 0.3) is 22.3 Å². The summed E-state index contributed by atoms with van der Waals surface area (Å²) in [6, 6.07) is 9.57. The van der Waals surface area contributed by atoms with E-state index in [9.17, 15) is 9.59 Å². The van der Waals surface area contributed by atoms with Gasteiger partial charge in [-0.25, -0.2) is 29.9 Å². The van der Waals surface area contributed by atoms with Crippen molar-refractivity contribution in [2.24, 2.45) is 0 Å². The summed E-state index contributed by atoms with van der Waals surface area (Å²) < 4.78 is 10.9. The summed E-state index contributed by atoms with van der Waals surface area (Å²) in [7, 11) is 2.12. The molecule has 6 aromatic rings. The zero-order valence-electron chi connectivity index (χ0n) is 34.0. The van der Waals surface area contributed by atoms with E-state index in [4.69, 9.17) is 55.9 Å². The topological polar surface area (TPSA) is 202 Å². The minimum Gasteiger partial charge on any atom is -0.482 e. The summed E-state index contributed by atoms with van der Waals surface area (Å²) in [6.45, 7) is 10.5. The number of carbonyl (C=O) groups is 2. The van der Waals surface area contributed by atoms with E-state index in [1.165, 1.54) is 12.4 Å². The highest BCUT2D eigenvalue weighted by Crippen LogP contribution is 2.29. The third-order valence-corrected chi connectivity index (χ3v) is 10.6. The highest BCUT2D eigenvalue weighted by Gasteiger charge is 2.19. The molecule has 0 aliphatic carbocycles. The molecule has 4 aromatic heterocycles. The number of aryl methyl sites for hydroxylation is 2. The monoisotopic (exact) mass is 922 g/mol. The number of anilines is 4. The summed E-state index contributed by atoms with van der Waals surface area (Å²) in [5.41, 5.74) is 3.45. The van der Waals surface area contributed by atoms with E-state index in [0.29, 0.717) is 88.8 Å². The second kappa shape index (κ2) is 20.6. The SMILES string of the molecule is Cc1nc(N2CCCN(C)CC2)nc2ncc(NC(=O)COc3ccc(Cl)cc3Cl)nc12.Cc1nc(N2CCNCC2)nc2ncc(NC(=O)COc3ccc(Cl)cc3Cl)nc12. The Morgan fingerprint density at radius 3 is 1.61 bits per heavy atom. The van der Waals surface area contributed by atoms with Crippen LogP contribution in [0.1, 0.15) is 17.8 Å². The van der Waals surface area contributed by atoms with Crippen LogP contribution in [0.4, 0.5) is 23.5 Å². The van der Waals surface area contributed by atoms with Crippen LogP contribution in [-0.2, 0) is 9.59 Å². The van der Waals surface area contributed by atoms with Gasteiger partial charge in [0.15, 0.2) is 36.1 Å². The molecular weight excluding hydrogens is 882 g/mol. The van der Waals surface area contributed by atoms with E-state index < -0.39 is 11.8 Å². The van der Waals surface area contributed by atoms with Crippen molar-refractivity contribution < 1.29 is 19.1 Å². The molecule has 0 radical (unpaired) electrons. The molecular formula is C40H42Cl4N14O4. The number of piperazine rings is 1. The van der Waals surface area contributed by atoms with Crippen LogP contribution in [0.5, 0.6) is 11.5 Å². The van der Waals surface area contributed by atoms with E-state index in [-0.39, 0.29) is 13.2 Å². The highest BCUT2D eigenvalue weighted by atomic mass is 35.5. The van der Waals surface area contributed by atoms with Gasteiger partial charge in [-0.2, -0.15) is 9.97 Å². The molecule has 2 aliphatic rings. The summed E-state index contributed by atoms with van der Waals surface area (Å²) >= 11 is 23.8. The number of hydrogen-bond donors (Lipinski definition) is 3. The molecule has 0 spiro atoms. The van der Waals surface area contributed by atoms with Crippen LogP contribution in [0, 0.1) is 13.8 Å². The van der Waals surface area contributed by atoms with Gasteiger partial charge in [-0.1, -0.05) is 46.4 Å². The molecule has 324 valence electrons. The average molecular weight is 925 g/mol. The Labute approximate surface area is 376 Å². The number of rotatable bonds is 10. The zero-order chi connectivity index (χ0) is 43.8. The number of nitrogens with zero attached hydrogens (tertiary/aromatic N) is 11. The zero-order valence-corrected chi connectivity index (χ0v) is 37.0. The second-order valence-corrected chi connectivity index (χ2v) is 16.0. The van der Waals surface area contributed by atoms with Gasteiger partial charge in [0.1, 0.15) is 22.5 Å². The predicted molar refractivity (Wildman–Crippen MR) is 240 cm³/mol. The van der Waals surface area contributed by atoms with Gasteiger partial charge in [0.25, 0.3) is 11.8 Å². The van der Waals surface area contributed by atoms with Crippen LogP contribution in [0.3, 0.4) is 0 Å². The van der Waals surface area contributed by atoms with Crippen molar-refractivity contribution in [1.29, 1.82) is 0 Å². The third kappa shape index (κ3) is 11.7. The van der Waals surface area contributed by atoms with Crippen LogP contribution < -0.4 is 35.2 Å². The molecule has 2 aliphatic heterocycles. The van der Waals surface area contributed by atoms with Gasteiger partial charge in [-0.3, -0.25) is 9.59 Å². The first-order chi connectivity index (χ1) is 29.9.